The van der Waals surface area contributed by atoms with E-state index in [0.29, 0.717) is 23.9 Å². The molecule has 2 aromatic heterocycles. The molecule has 0 saturated heterocycles. The van der Waals surface area contributed by atoms with Crippen molar-refractivity contribution in [1.82, 2.24) is 25.1 Å². The maximum Gasteiger partial charge on any atom is 0.252 e. The molecule has 0 aliphatic rings. The minimum Gasteiger partial charge on any atom is -0.369 e. The fraction of sp³-hybridized carbons (Fsp3) is 0.368. The number of hydrogen-bond donors (Lipinski definition) is 2. The van der Waals surface area contributed by atoms with Crippen molar-refractivity contribution in [3.05, 3.63) is 40.8 Å². The molecule has 0 spiro atoms. The van der Waals surface area contributed by atoms with Gasteiger partial charge in [0.2, 0.25) is 0 Å². The zero-order valence-corrected chi connectivity index (χ0v) is 17.8. The van der Waals surface area contributed by atoms with Crippen LogP contribution in [0.25, 0.3) is 11.0 Å². The van der Waals surface area contributed by atoms with E-state index in [1.54, 1.807) is 22.6 Å². The summed E-state index contributed by atoms with van der Waals surface area (Å²) >= 11 is 7.50. The molecule has 154 valence electrons. The number of rotatable bonds is 9. The third-order valence-electron chi connectivity index (χ3n) is 4.08. The van der Waals surface area contributed by atoms with E-state index in [1.165, 1.54) is 12.1 Å². The van der Waals surface area contributed by atoms with Gasteiger partial charge in [0, 0.05) is 13.1 Å². The van der Waals surface area contributed by atoms with Gasteiger partial charge in [-0.3, -0.25) is 4.79 Å². The second-order valence-electron chi connectivity index (χ2n) is 6.20. The summed E-state index contributed by atoms with van der Waals surface area (Å²) in [5.74, 6) is 0.777. The number of anilines is 1. The molecule has 2 N–H and O–H groups in total. The molecular weight excluding hydrogens is 415 g/mol. The van der Waals surface area contributed by atoms with Crippen LogP contribution in [-0.2, 0) is 6.54 Å². The van der Waals surface area contributed by atoms with Gasteiger partial charge in [0.05, 0.1) is 28.7 Å². The van der Waals surface area contributed by atoms with E-state index in [9.17, 15) is 9.18 Å². The van der Waals surface area contributed by atoms with Gasteiger partial charge in [-0.25, -0.2) is 19.0 Å². The molecule has 3 rings (SSSR count). The van der Waals surface area contributed by atoms with Gasteiger partial charge < -0.3 is 10.6 Å². The first-order chi connectivity index (χ1) is 14.0. The van der Waals surface area contributed by atoms with E-state index in [0.717, 1.165) is 36.0 Å². The largest absolute Gasteiger partial charge is 0.369 e. The van der Waals surface area contributed by atoms with Crippen LogP contribution in [0.2, 0.25) is 5.02 Å². The molecule has 1 amide bonds. The molecule has 7 nitrogen and oxygen atoms in total. The maximum atomic E-state index is 13.1. The van der Waals surface area contributed by atoms with E-state index in [4.69, 9.17) is 11.6 Å². The van der Waals surface area contributed by atoms with Crippen LogP contribution in [0, 0.1) is 5.82 Å². The third-order valence-corrected chi connectivity index (χ3v) is 5.12. The Kier molecular flexibility index (Phi) is 7.27. The Morgan fingerprint density at radius 3 is 2.83 bits per heavy atom. The third kappa shape index (κ3) is 5.16. The van der Waals surface area contributed by atoms with Crippen LogP contribution >= 0.6 is 23.4 Å². The van der Waals surface area contributed by atoms with Gasteiger partial charge in [-0.15, -0.1) is 0 Å². The molecule has 29 heavy (non-hydrogen) atoms. The van der Waals surface area contributed by atoms with Crippen molar-refractivity contribution >= 4 is 46.1 Å². The summed E-state index contributed by atoms with van der Waals surface area (Å²) in [4.78, 5) is 21.5. The Balaban J connectivity index is 1.74. The number of fused-ring (bicyclic) bond motifs is 1. The number of nitrogens with one attached hydrogen (secondary N) is 2. The minimum absolute atomic E-state index is 0.0765. The number of hydrogen-bond acceptors (Lipinski definition) is 6. The van der Waals surface area contributed by atoms with Gasteiger partial charge in [0.15, 0.2) is 10.8 Å². The molecule has 1 aromatic carbocycles. The highest BCUT2D eigenvalue weighted by molar-refractivity contribution is 7.99. The summed E-state index contributed by atoms with van der Waals surface area (Å²) in [7, 11) is 0. The highest BCUT2D eigenvalue weighted by atomic mass is 35.5. The monoisotopic (exact) mass is 436 g/mol. The predicted molar refractivity (Wildman–Crippen MR) is 114 cm³/mol. The van der Waals surface area contributed by atoms with Crippen LogP contribution < -0.4 is 10.6 Å². The van der Waals surface area contributed by atoms with E-state index < -0.39 is 5.82 Å². The summed E-state index contributed by atoms with van der Waals surface area (Å²) in [5, 5.41) is 12.1. The van der Waals surface area contributed by atoms with Crippen molar-refractivity contribution in [1.29, 1.82) is 0 Å². The molecule has 0 saturated carbocycles. The SMILES string of the molecule is CCCNc1nc(SCC)nc2c1cnn2CCNC(=O)c1ccc(F)cc1Cl. The molecule has 0 aliphatic carbocycles. The fourth-order valence-electron chi connectivity index (χ4n) is 2.71. The lowest BCUT2D eigenvalue weighted by molar-refractivity contribution is 0.0952. The first-order valence-electron chi connectivity index (χ1n) is 9.37. The van der Waals surface area contributed by atoms with Gasteiger partial charge in [-0.2, -0.15) is 5.10 Å². The van der Waals surface area contributed by atoms with E-state index in [1.807, 2.05) is 6.92 Å². The van der Waals surface area contributed by atoms with Crippen molar-refractivity contribution in [3.8, 4) is 0 Å². The van der Waals surface area contributed by atoms with Crippen molar-refractivity contribution in [2.24, 2.45) is 0 Å². The lowest BCUT2D eigenvalue weighted by Crippen LogP contribution is -2.27. The molecule has 0 radical (unpaired) electrons. The molecule has 0 unspecified atom stereocenters. The predicted octanol–water partition coefficient (Wildman–Crippen LogP) is 3.98. The van der Waals surface area contributed by atoms with E-state index in [-0.39, 0.29) is 16.5 Å². The fourth-order valence-corrected chi connectivity index (χ4v) is 3.53. The number of carbonyl (C=O) groups is 1. The molecular formula is C19H22ClFN6OS. The highest BCUT2D eigenvalue weighted by Crippen LogP contribution is 2.24. The van der Waals surface area contributed by atoms with Crippen LogP contribution in [0.4, 0.5) is 10.2 Å². The first kappa shape index (κ1) is 21.3. The van der Waals surface area contributed by atoms with E-state index >= 15 is 0 Å². The quantitative estimate of drug-likeness (QED) is 0.390. The Morgan fingerprint density at radius 1 is 1.28 bits per heavy atom. The topological polar surface area (TPSA) is 84.7 Å². The average Bonchev–Trinajstić information content (AvgIpc) is 3.09. The molecule has 10 heteroatoms. The normalized spacial score (nSPS) is 11.0. The minimum atomic E-state index is -0.484. The van der Waals surface area contributed by atoms with Crippen molar-refractivity contribution in [3.63, 3.8) is 0 Å². The molecule has 2 heterocycles. The van der Waals surface area contributed by atoms with Gasteiger partial charge in [-0.1, -0.05) is 37.2 Å². The van der Waals surface area contributed by atoms with Crippen LogP contribution in [0.3, 0.4) is 0 Å². The zero-order chi connectivity index (χ0) is 20.8. The summed E-state index contributed by atoms with van der Waals surface area (Å²) in [6.07, 6.45) is 2.71. The Hall–Kier alpha value is -2.39. The second kappa shape index (κ2) is 9.89. The van der Waals surface area contributed by atoms with Gasteiger partial charge in [-0.05, 0) is 30.4 Å². The number of nitrogens with zero attached hydrogens (tertiary/aromatic N) is 4. The number of thioether (sulfide) groups is 1. The lowest BCUT2D eigenvalue weighted by atomic mass is 10.2. The molecule has 3 aromatic rings. The number of aromatic nitrogens is 4. The maximum absolute atomic E-state index is 13.1. The van der Waals surface area contributed by atoms with Crippen molar-refractivity contribution < 1.29 is 9.18 Å². The molecule has 0 bridgehead atoms. The summed E-state index contributed by atoms with van der Waals surface area (Å²) < 4.78 is 14.9. The van der Waals surface area contributed by atoms with Crippen LogP contribution in [0.1, 0.15) is 30.6 Å². The van der Waals surface area contributed by atoms with E-state index in [2.05, 4.69) is 32.6 Å². The van der Waals surface area contributed by atoms with Gasteiger partial charge >= 0.3 is 0 Å². The number of benzene rings is 1. The van der Waals surface area contributed by atoms with Crippen LogP contribution in [0.15, 0.2) is 29.6 Å². The average molecular weight is 437 g/mol. The Bertz CT molecular complexity index is 1010. The van der Waals surface area contributed by atoms with Crippen molar-refractivity contribution in [2.45, 2.75) is 32.0 Å². The molecule has 0 atom stereocenters. The second-order valence-corrected chi connectivity index (χ2v) is 7.84. The van der Waals surface area contributed by atoms with Gasteiger partial charge in [0.25, 0.3) is 5.91 Å². The van der Waals surface area contributed by atoms with Gasteiger partial charge in [0.1, 0.15) is 11.6 Å². The zero-order valence-electron chi connectivity index (χ0n) is 16.2. The smallest absolute Gasteiger partial charge is 0.252 e. The summed E-state index contributed by atoms with van der Waals surface area (Å²) in [5.41, 5.74) is 0.942. The number of amides is 1. The van der Waals surface area contributed by atoms with Crippen molar-refractivity contribution in [2.75, 3.05) is 24.2 Å². The standard InChI is InChI=1S/C19H22ClFN6OS/c1-3-7-22-16-14-11-24-27(17(14)26-19(25-16)29-4-2)9-8-23-18(28)13-6-5-12(21)10-15(13)20/h5-6,10-11H,3-4,7-9H2,1-2H3,(H,23,28)(H,22,25,26). The molecule has 0 fully saturated rings. The summed E-state index contributed by atoms with van der Waals surface area (Å²) in [6.45, 7) is 5.69. The van der Waals surface area contributed by atoms with Crippen LogP contribution in [0.5, 0.6) is 0 Å². The Morgan fingerprint density at radius 2 is 2.10 bits per heavy atom. The molecule has 0 aliphatic heterocycles. The lowest BCUT2D eigenvalue weighted by Gasteiger charge is -2.09. The first-order valence-corrected chi connectivity index (χ1v) is 10.7. The summed E-state index contributed by atoms with van der Waals surface area (Å²) in [6, 6.07) is 3.69. The van der Waals surface area contributed by atoms with Crippen LogP contribution in [-0.4, -0.2) is 44.5 Å². The number of carbonyl (C=O) groups excluding carboxylic acids is 1. The number of halogens is 2. The Labute approximate surface area is 177 Å². The highest BCUT2D eigenvalue weighted by Gasteiger charge is 2.14.